The molecule has 1 aliphatic carbocycles. The molecule has 1 N–H and O–H groups in total. The first-order valence-electron chi connectivity index (χ1n) is 12.1. The van der Waals surface area contributed by atoms with E-state index < -0.39 is 6.04 Å². The summed E-state index contributed by atoms with van der Waals surface area (Å²) in [5, 5.41) is 4.52. The van der Waals surface area contributed by atoms with Crippen LogP contribution in [0, 0.1) is 5.41 Å². The summed E-state index contributed by atoms with van der Waals surface area (Å²) in [7, 11) is 2.10. The quantitative estimate of drug-likeness (QED) is 0.467. The first-order valence-corrected chi connectivity index (χ1v) is 12.9. The lowest BCUT2D eigenvalue weighted by atomic mass is 9.73. The van der Waals surface area contributed by atoms with E-state index >= 15 is 0 Å². The number of ketones is 1. The number of amides is 1. The fourth-order valence-corrected chi connectivity index (χ4v) is 5.84. The van der Waals surface area contributed by atoms with Gasteiger partial charge in [0.2, 0.25) is 5.91 Å². The van der Waals surface area contributed by atoms with Crippen LogP contribution in [-0.2, 0) is 16.1 Å². The van der Waals surface area contributed by atoms with Gasteiger partial charge in [0.1, 0.15) is 0 Å². The van der Waals surface area contributed by atoms with Crippen LogP contribution in [-0.4, -0.2) is 30.2 Å². The smallest absolute Gasteiger partial charge is 0.224 e. The zero-order valence-electron chi connectivity index (χ0n) is 21.0. The van der Waals surface area contributed by atoms with Crippen molar-refractivity contribution in [2.75, 3.05) is 23.8 Å². The van der Waals surface area contributed by atoms with Gasteiger partial charge in [0.25, 0.3) is 0 Å². The fourth-order valence-electron chi connectivity index (χ4n) is 5.33. The van der Waals surface area contributed by atoms with Crippen LogP contribution >= 0.6 is 23.2 Å². The van der Waals surface area contributed by atoms with Crippen LogP contribution < -0.4 is 10.2 Å². The van der Waals surface area contributed by atoms with Gasteiger partial charge in [0, 0.05) is 41.2 Å². The standard InChI is InChI=1S/C28H33Cl2N3O2/c1-6-11-32(5)16-18-7-10-24-22(12-18)31-23-14-28(3,4)15-25(35)26(23)27(33(24)17(2)34)20-9-8-19(29)13-21(20)30/h7-10,12-13,27,31H,6,11,14-16H2,1-5H3. The molecule has 0 fully saturated rings. The summed E-state index contributed by atoms with van der Waals surface area (Å²) in [6.07, 6.45) is 2.18. The number of anilines is 2. The Balaban J connectivity index is 1.93. The molecule has 35 heavy (non-hydrogen) atoms. The summed E-state index contributed by atoms with van der Waals surface area (Å²) in [5.41, 5.74) is 4.65. The molecule has 2 aromatic carbocycles. The highest BCUT2D eigenvalue weighted by Gasteiger charge is 2.43. The van der Waals surface area contributed by atoms with E-state index in [2.05, 4.69) is 50.2 Å². The van der Waals surface area contributed by atoms with Gasteiger partial charge in [-0.2, -0.15) is 0 Å². The van der Waals surface area contributed by atoms with Gasteiger partial charge in [0.05, 0.1) is 17.4 Å². The molecule has 1 unspecified atom stereocenters. The number of hydrogen-bond acceptors (Lipinski definition) is 4. The molecule has 5 nitrogen and oxygen atoms in total. The lowest BCUT2D eigenvalue weighted by molar-refractivity contribution is -0.118. The monoisotopic (exact) mass is 513 g/mol. The molecular weight excluding hydrogens is 481 g/mol. The van der Waals surface area contributed by atoms with Crippen LogP contribution in [0.15, 0.2) is 47.7 Å². The molecule has 1 heterocycles. The van der Waals surface area contributed by atoms with Crippen molar-refractivity contribution in [3.63, 3.8) is 0 Å². The topological polar surface area (TPSA) is 52.7 Å². The number of carbonyl (C=O) groups excluding carboxylic acids is 2. The lowest BCUT2D eigenvalue weighted by Crippen LogP contribution is -2.38. The van der Waals surface area contributed by atoms with Crippen molar-refractivity contribution in [2.45, 2.75) is 59.5 Å². The number of hydrogen-bond donors (Lipinski definition) is 1. The molecule has 1 aliphatic heterocycles. The van der Waals surface area contributed by atoms with Crippen LogP contribution in [0.4, 0.5) is 11.4 Å². The molecule has 0 radical (unpaired) electrons. The van der Waals surface area contributed by atoms with Gasteiger partial charge >= 0.3 is 0 Å². The van der Waals surface area contributed by atoms with E-state index in [1.165, 1.54) is 6.92 Å². The average Bonchev–Trinajstić information content (AvgIpc) is 2.87. The van der Waals surface area contributed by atoms with Gasteiger partial charge in [-0.25, -0.2) is 0 Å². The van der Waals surface area contributed by atoms with Crippen LogP contribution in [0.2, 0.25) is 10.0 Å². The van der Waals surface area contributed by atoms with Gasteiger partial charge in [0.15, 0.2) is 5.78 Å². The molecule has 0 saturated heterocycles. The number of benzene rings is 2. The summed E-state index contributed by atoms with van der Waals surface area (Å²) < 4.78 is 0. The SMILES string of the molecule is CCCN(C)Cc1ccc2c(c1)NC1=C(C(=O)CC(C)(C)C1)C(c1ccc(Cl)cc1Cl)N2C(C)=O. The van der Waals surface area contributed by atoms with Crippen LogP contribution in [0.1, 0.15) is 64.1 Å². The second-order valence-corrected chi connectivity index (χ2v) is 11.3. The van der Waals surface area contributed by atoms with Crippen molar-refractivity contribution < 1.29 is 9.59 Å². The minimum atomic E-state index is -0.641. The maximum absolute atomic E-state index is 13.7. The number of rotatable bonds is 5. The average molecular weight is 514 g/mol. The normalized spacial score (nSPS) is 19.3. The molecule has 7 heteroatoms. The van der Waals surface area contributed by atoms with Crippen molar-refractivity contribution in [3.8, 4) is 0 Å². The second kappa shape index (κ2) is 9.96. The highest BCUT2D eigenvalue weighted by atomic mass is 35.5. The van der Waals surface area contributed by atoms with E-state index in [1.807, 2.05) is 12.1 Å². The summed E-state index contributed by atoms with van der Waals surface area (Å²) in [4.78, 5) is 30.8. The van der Waals surface area contributed by atoms with Crippen molar-refractivity contribution in [3.05, 3.63) is 68.8 Å². The van der Waals surface area contributed by atoms with Gasteiger partial charge in [-0.1, -0.05) is 56.1 Å². The Labute approximate surface area is 218 Å². The van der Waals surface area contributed by atoms with E-state index in [-0.39, 0.29) is 17.1 Å². The predicted molar refractivity (Wildman–Crippen MR) is 144 cm³/mol. The Kier molecular flexibility index (Phi) is 7.33. The molecule has 0 bridgehead atoms. The van der Waals surface area contributed by atoms with Gasteiger partial charge in [-0.15, -0.1) is 0 Å². The zero-order valence-corrected chi connectivity index (χ0v) is 22.6. The van der Waals surface area contributed by atoms with E-state index in [0.717, 1.165) is 42.1 Å². The van der Waals surface area contributed by atoms with E-state index in [1.54, 1.807) is 17.0 Å². The summed E-state index contributed by atoms with van der Waals surface area (Å²) in [6.45, 7) is 9.70. The van der Waals surface area contributed by atoms with Crippen molar-refractivity contribution in [2.24, 2.45) is 5.41 Å². The summed E-state index contributed by atoms with van der Waals surface area (Å²) in [6, 6.07) is 10.7. The maximum Gasteiger partial charge on any atom is 0.224 e. The lowest BCUT2D eigenvalue weighted by Gasteiger charge is -2.37. The van der Waals surface area contributed by atoms with E-state index in [4.69, 9.17) is 23.2 Å². The van der Waals surface area contributed by atoms with Crippen LogP contribution in [0.5, 0.6) is 0 Å². The number of fused-ring (bicyclic) bond motifs is 1. The molecule has 2 aromatic rings. The third-order valence-corrected chi connectivity index (χ3v) is 7.27. The number of nitrogens with zero attached hydrogens (tertiary/aromatic N) is 2. The molecule has 186 valence electrons. The Morgan fingerprint density at radius 1 is 1.17 bits per heavy atom. The molecule has 1 atom stereocenters. The number of allylic oxidation sites excluding steroid dienone is 1. The van der Waals surface area contributed by atoms with Gasteiger partial charge in [-0.3, -0.25) is 14.5 Å². The molecule has 2 aliphatic rings. The molecule has 4 rings (SSSR count). The molecule has 0 spiro atoms. The van der Waals surface area contributed by atoms with Crippen molar-refractivity contribution in [1.82, 2.24) is 4.90 Å². The zero-order chi connectivity index (χ0) is 25.5. The minimum Gasteiger partial charge on any atom is -0.357 e. The Morgan fingerprint density at radius 3 is 2.57 bits per heavy atom. The first kappa shape index (κ1) is 25.7. The largest absolute Gasteiger partial charge is 0.357 e. The van der Waals surface area contributed by atoms with Crippen LogP contribution in [0.3, 0.4) is 0 Å². The highest BCUT2D eigenvalue weighted by molar-refractivity contribution is 6.35. The van der Waals surface area contributed by atoms with Crippen LogP contribution in [0.25, 0.3) is 0 Å². The molecule has 0 saturated carbocycles. The van der Waals surface area contributed by atoms with Gasteiger partial charge in [-0.05, 0) is 67.2 Å². The minimum absolute atomic E-state index is 0.0294. The number of nitrogens with one attached hydrogen (secondary N) is 1. The highest BCUT2D eigenvalue weighted by Crippen LogP contribution is 2.49. The van der Waals surface area contributed by atoms with Crippen molar-refractivity contribution in [1.29, 1.82) is 0 Å². The summed E-state index contributed by atoms with van der Waals surface area (Å²) >= 11 is 12.9. The van der Waals surface area contributed by atoms with E-state index in [0.29, 0.717) is 34.0 Å². The Hall–Kier alpha value is -2.34. The maximum atomic E-state index is 13.7. The molecule has 1 amide bonds. The molecular formula is C28H33Cl2N3O2. The third kappa shape index (κ3) is 5.28. The fraction of sp³-hybridized carbons (Fsp3) is 0.429. The summed E-state index contributed by atoms with van der Waals surface area (Å²) in [5.74, 6) is -0.131. The first-order chi connectivity index (χ1) is 16.5. The second-order valence-electron chi connectivity index (χ2n) is 10.5. The number of carbonyl (C=O) groups is 2. The predicted octanol–water partition coefficient (Wildman–Crippen LogP) is 7.00. The third-order valence-electron chi connectivity index (χ3n) is 6.71. The molecule has 0 aromatic heterocycles. The van der Waals surface area contributed by atoms with E-state index in [9.17, 15) is 9.59 Å². The number of Topliss-reactive ketones (excluding diaryl/α,β-unsaturated/α-hetero) is 1. The Bertz CT molecular complexity index is 1200. The number of halogens is 2. The van der Waals surface area contributed by atoms with Crippen molar-refractivity contribution >= 4 is 46.3 Å². The Morgan fingerprint density at radius 2 is 1.91 bits per heavy atom. The van der Waals surface area contributed by atoms with Gasteiger partial charge < -0.3 is 10.2 Å².